The monoisotopic (exact) mass is 296 g/mol. The van der Waals surface area contributed by atoms with Crippen molar-refractivity contribution in [2.45, 2.75) is 38.8 Å². The lowest BCUT2D eigenvalue weighted by Crippen LogP contribution is -2.74. The molecule has 1 amide bonds. The fourth-order valence-corrected chi connectivity index (χ4v) is 2.82. The van der Waals surface area contributed by atoms with Crippen molar-refractivity contribution in [1.82, 2.24) is 0 Å². The van der Waals surface area contributed by atoms with Crippen molar-refractivity contribution < 1.29 is 9.53 Å². The molecule has 0 saturated heterocycles. The van der Waals surface area contributed by atoms with E-state index >= 15 is 0 Å². The third kappa shape index (κ3) is 2.43. The highest BCUT2D eigenvalue weighted by atomic mass is 35.5. The first-order chi connectivity index (χ1) is 9.31. The van der Waals surface area contributed by atoms with Crippen LogP contribution in [0, 0.1) is 5.41 Å². The second-order valence-corrected chi connectivity index (χ2v) is 6.24. The van der Waals surface area contributed by atoms with Crippen LogP contribution < -0.4 is 11.1 Å². The highest BCUT2D eigenvalue weighted by molar-refractivity contribution is 6.30. The van der Waals surface area contributed by atoms with Gasteiger partial charge in [-0.15, -0.1) is 0 Å². The summed E-state index contributed by atoms with van der Waals surface area (Å²) >= 11 is 5.91. The number of hydrogen-bond acceptors (Lipinski definition) is 3. The van der Waals surface area contributed by atoms with E-state index in [-0.39, 0.29) is 12.0 Å². The summed E-state index contributed by atoms with van der Waals surface area (Å²) in [5, 5.41) is 3.42. The molecule has 1 saturated carbocycles. The molecule has 1 aliphatic carbocycles. The molecule has 0 bridgehead atoms. The van der Waals surface area contributed by atoms with Crippen molar-refractivity contribution in [3.63, 3.8) is 0 Å². The fraction of sp³-hybridized carbons (Fsp3) is 0.533. The Morgan fingerprint density at radius 1 is 1.55 bits per heavy atom. The van der Waals surface area contributed by atoms with Crippen LogP contribution in [-0.4, -0.2) is 24.2 Å². The summed E-state index contributed by atoms with van der Waals surface area (Å²) in [7, 11) is 0. The van der Waals surface area contributed by atoms with E-state index in [1.807, 2.05) is 20.8 Å². The Morgan fingerprint density at radius 2 is 2.25 bits per heavy atom. The average Bonchev–Trinajstić information content (AvgIpc) is 2.38. The fourth-order valence-electron chi connectivity index (χ4n) is 2.63. The number of carbonyl (C=O) groups is 1. The van der Waals surface area contributed by atoms with Crippen LogP contribution in [-0.2, 0) is 9.53 Å². The molecule has 1 aromatic carbocycles. The van der Waals surface area contributed by atoms with Gasteiger partial charge in [0.2, 0.25) is 5.91 Å². The van der Waals surface area contributed by atoms with E-state index in [4.69, 9.17) is 22.1 Å². The van der Waals surface area contributed by atoms with Crippen molar-refractivity contribution in [2.24, 2.45) is 11.1 Å². The van der Waals surface area contributed by atoms with E-state index in [2.05, 4.69) is 5.32 Å². The Bertz CT molecular complexity index is 518. The molecule has 2 rings (SSSR count). The summed E-state index contributed by atoms with van der Waals surface area (Å²) in [5.74, 6) is -0.194. The summed E-state index contributed by atoms with van der Waals surface area (Å²) < 4.78 is 5.63. The summed E-state index contributed by atoms with van der Waals surface area (Å²) in [6.45, 7) is 6.50. The van der Waals surface area contributed by atoms with Crippen LogP contribution in [0.5, 0.6) is 0 Å². The number of nitrogens with two attached hydrogens (primary N) is 1. The molecule has 4 nitrogen and oxygen atoms in total. The van der Waals surface area contributed by atoms with Crippen molar-refractivity contribution in [1.29, 1.82) is 0 Å². The number of carbonyl (C=O) groups excluding carboxylic acids is 1. The van der Waals surface area contributed by atoms with Crippen molar-refractivity contribution in [3.05, 3.63) is 29.3 Å². The van der Waals surface area contributed by atoms with Gasteiger partial charge in [-0.1, -0.05) is 31.5 Å². The number of hydrogen-bond donors (Lipinski definition) is 2. The lowest BCUT2D eigenvalue weighted by molar-refractivity contribution is -0.166. The maximum absolute atomic E-state index is 12.5. The standard InChI is InChI=1S/C15H21ClN2O2/c1-4-20-12-9-15(17,14(12,2)3)13(19)18-11-7-5-6-10(16)8-11/h5-8,12H,4,9,17H2,1-3H3,(H,18,19). The number of benzene rings is 1. The van der Waals surface area contributed by atoms with Crippen LogP contribution in [0.4, 0.5) is 5.69 Å². The van der Waals surface area contributed by atoms with Gasteiger partial charge in [-0.3, -0.25) is 4.79 Å². The quantitative estimate of drug-likeness (QED) is 0.898. The zero-order chi connectivity index (χ0) is 15.0. The Kier molecular flexibility index (Phi) is 4.09. The first-order valence-corrected chi connectivity index (χ1v) is 7.16. The molecular weight excluding hydrogens is 276 g/mol. The minimum absolute atomic E-state index is 0.0163. The molecular formula is C15H21ClN2O2. The summed E-state index contributed by atoms with van der Waals surface area (Å²) in [6.07, 6.45) is 0.544. The van der Waals surface area contributed by atoms with Gasteiger partial charge in [0.15, 0.2) is 0 Å². The normalized spacial score (nSPS) is 27.8. The lowest BCUT2D eigenvalue weighted by Gasteiger charge is -2.57. The minimum Gasteiger partial charge on any atom is -0.378 e. The molecule has 5 heteroatoms. The van der Waals surface area contributed by atoms with Gasteiger partial charge in [0.25, 0.3) is 0 Å². The number of ether oxygens (including phenoxy) is 1. The smallest absolute Gasteiger partial charge is 0.245 e. The molecule has 1 aromatic rings. The Balaban J connectivity index is 2.10. The van der Waals surface area contributed by atoms with E-state index < -0.39 is 11.0 Å². The summed E-state index contributed by atoms with van der Waals surface area (Å²) in [4.78, 5) is 12.5. The van der Waals surface area contributed by atoms with Crippen molar-refractivity contribution in [3.8, 4) is 0 Å². The number of amides is 1. The van der Waals surface area contributed by atoms with E-state index in [0.29, 0.717) is 23.7 Å². The van der Waals surface area contributed by atoms with Crippen molar-refractivity contribution in [2.75, 3.05) is 11.9 Å². The van der Waals surface area contributed by atoms with E-state index in [1.165, 1.54) is 0 Å². The third-order valence-electron chi connectivity index (χ3n) is 4.32. The first-order valence-electron chi connectivity index (χ1n) is 6.79. The average molecular weight is 297 g/mol. The number of anilines is 1. The highest BCUT2D eigenvalue weighted by Gasteiger charge is 2.62. The Labute approximate surface area is 124 Å². The van der Waals surface area contributed by atoms with E-state index in [1.54, 1.807) is 24.3 Å². The molecule has 0 radical (unpaired) electrons. The van der Waals surface area contributed by atoms with Crippen LogP contribution in [0.1, 0.15) is 27.2 Å². The van der Waals surface area contributed by atoms with Gasteiger partial charge in [0.1, 0.15) is 5.54 Å². The van der Waals surface area contributed by atoms with Crippen LogP contribution in [0.2, 0.25) is 5.02 Å². The van der Waals surface area contributed by atoms with Gasteiger partial charge in [-0.25, -0.2) is 0 Å². The molecule has 1 fully saturated rings. The van der Waals surface area contributed by atoms with Gasteiger partial charge in [-0.2, -0.15) is 0 Å². The van der Waals surface area contributed by atoms with Gasteiger partial charge in [0.05, 0.1) is 6.10 Å². The highest BCUT2D eigenvalue weighted by Crippen LogP contribution is 2.50. The molecule has 0 spiro atoms. The van der Waals surface area contributed by atoms with Crippen molar-refractivity contribution >= 4 is 23.2 Å². The molecule has 110 valence electrons. The van der Waals surface area contributed by atoms with E-state index in [9.17, 15) is 4.79 Å². The van der Waals surface area contributed by atoms with Crippen LogP contribution in [0.15, 0.2) is 24.3 Å². The van der Waals surface area contributed by atoms with Gasteiger partial charge in [-0.05, 0) is 25.1 Å². The molecule has 0 aromatic heterocycles. The van der Waals surface area contributed by atoms with Crippen LogP contribution in [0.25, 0.3) is 0 Å². The number of nitrogens with one attached hydrogen (secondary N) is 1. The SMILES string of the molecule is CCOC1CC(N)(C(=O)Nc2cccc(Cl)c2)C1(C)C. The molecule has 20 heavy (non-hydrogen) atoms. The third-order valence-corrected chi connectivity index (χ3v) is 4.55. The predicted octanol–water partition coefficient (Wildman–Crippen LogP) is 2.81. The zero-order valence-electron chi connectivity index (χ0n) is 12.1. The Hall–Kier alpha value is -1.10. The molecule has 2 unspecified atom stereocenters. The largest absolute Gasteiger partial charge is 0.378 e. The van der Waals surface area contributed by atoms with Gasteiger partial charge in [0, 0.05) is 29.2 Å². The molecule has 2 atom stereocenters. The number of halogens is 1. The zero-order valence-corrected chi connectivity index (χ0v) is 12.8. The molecule has 3 N–H and O–H groups in total. The van der Waals surface area contributed by atoms with Crippen LogP contribution in [0.3, 0.4) is 0 Å². The van der Waals surface area contributed by atoms with Crippen LogP contribution >= 0.6 is 11.6 Å². The maximum atomic E-state index is 12.5. The maximum Gasteiger partial charge on any atom is 0.245 e. The van der Waals surface area contributed by atoms with Gasteiger partial charge >= 0.3 is 0 Å². The summed E-state index contributed by atoms with van der Waals surface area (Å²) in [5.41, 5.74) is 5.64. The number of rotatable bonds is 4. The molecule has 0 heterocycles. The van der Waals surface area contributed by atoms with Gasteiger partial charge < -0.3 is 15.8 Å². The van der Waals surface area contributed by atoms with E-state index in [0.717, 1.165) is 0 Å². The topological polar surface area (TPSA) is 64.3 Å². The first kappa shape index (κ1) is 15.3. The molecule has 0 aliphatic heterocycles. The summed E-state index contributed by atoms with van der Waals surface area (Å²) in [6, 6.07) is 7.04. The lowest BCUT2D eigenvalue weighted by atomic mass is 9.54. The molecule has 1 aliphatic rings. The Morgan fingerprint density at radius 3 is 2.80 bits per heavy atom. The second-order valence-electron chi connectivity index (χ2n) is 5.81. The second kappa shape index (κ2) is 5.35. The predicted molar refractivity (Wildman–Crippen MR) is 80.8 cm³/mol. The minimum atomic E-state index is -0.921.